The first kappa shape index (κ1) is 17.1. The van der Waals surface area contributed by atoms with E-state index in [1.54, 1.807) is 16.0 Å². The second-order valence-electron chi connectivity index (χ2n) is 7.29. The molecule has 30 heavy (non-hydrogen) atoms. The van der Waals surface area contributed by atoms with Gasteiger partial charge in [0.05, 0.1) is 28.4 Å². The summed E-state index contributed by atoms with van der Waals surface area (Å²) >= 11 is 1.74. The molecule has 0 aliphatic heterocycles. The maximum atomic E-state index is 6.56. The molecule has 7 heteroatoms. The topological polar surface area (TPSA) is 77.4 Å². The highest BCUT2D eigenvalue weighted by molar-refractivity contribution is 7.13. The number of aromatic amines is 1. The zero-order chi connectivity index (χ0) is 20.2. The van der Waals surface area contributed by atoms with Crippen LogP contribution in [0.1, 0.15) is 5.82 Å². The summed E-state index contributed by atoms with van der Waals surface area (Å²) in [6.45, 7) is 1.95. The van der Waals surface area contributed by atoms with Crippen molar-refractivity contribution in [2.45, 2.75) is 6.92 Å². The number of hydrogen-bond acceptors (Lipinski definition) is 4. The molecule has 0 atom stereocenters. The Bertz CT molecular complexity index is 1520. The van der Waals surface area contributed by atoms with Gasteiger partial charge in [-0.2, -0.15) is 5.10 Å². The van der Waals surface area contributed by atoms with Crippen molar-refractivity contribution < 1.29 is 0 Å². The first-order valence-corrected chi connectivity index (χ1v) is 10.5. The van der Waals surface area contributed by atoms with Crippen molar-refractivity contribution in [1.82, 2.24) is 24.3 Å². The molecule has 0 spiro atoms. The Morgan fingerprint density at radius 3 is 2.87 bits per heavy atom. The van der Waals surface area contributed by atoms with Crippen molar-refractivity contribution in [2.24, 2.45) is 0 Å². The normalized spacial score (nSPS) is 11.6. The first-order chi connectivity index (χ1) is 14.7. The minimum atomic E-state index is 0.588. The lowest BCUT2D eigenvalue weighted by atomic mass is 10.1. The zero-order valence-corrected chi connectivity index (χ0v) is 17.0. The van der Waals surface area contributed by atoms with Crippen LogP contribution in [0.2, 0.25) is 0 Å². The minimum Gasteiger partial charge on any atom is -0.382 e. The third-order valence-electron chi connectivity index (χ3n) is 5.37. The van der Waals surface area contributed by atoms with E-state index in [-0.39, 0.29) is 0 Å². The monoisotopic (exact) mass is 410 g/mol. The number of anilines is 1. The van der Waals surface area contributed by atoms with Crippen LogP contribution in [0.5, 0.6) is 0 Å². The molecular weight excluding hydrogens is 392 g/mol. The highest BCUT2D eigenvalue weighted by Gasteiger charge is 2.14. The van der Waals surface area contributed by atoms with E-state index in [0.717, 1.165) is 39.1 Å². The Balaban J connectivity index is 1.47. The van der Waals surface area contributed by atoms with Gasteiger partial charge in [0.15, 0.2) is 5.82 Å². The molecule has 0 saturated carbocycles. The summed E-state index contributed by atoms with van der Waals surface area (Å²) < 4.78 is 3.87. The summed E-state index contributed by atoms with van der Waals surface area (Å²) in [6, 6.07) is 18.8. The number of benzene rings is 2. The molecule has 4 aromatic heterocycles. The summed E-state index contributed by atoms with van der Waals surface area (Å²) in [7, 11) is 0. The van der Waals surface area contributed by atoms with Crippen LogP contribution in [0, 0.1) is 6.92 Å². The van der Waals surface area contributed by atoms with Crippen molar-refractivity contribution in [3.63, 3.8) is 0 Å². The molecule has 6 nitrogen and oxygen atoms in total. The number of aromatic nitrogens is 5. The molecule has 0 bridgehead atoms. The fourth-order valence-corrected chi connectivity index (χ4v) is 4.66. The number of nitrogens with two attached hydrogens (primary N) is 1. The SMILES string of the molecule is Cc1nc2ccc(-n3ncc(-n4ccc5ccc(-c6cccs6)cc54)c3N)cc2[nH]1. The van der Waals surface area contributed by atoms with Crippen LogP contribution in [0.25, 0.3) is 43.8 Å². The van der Waals surface area contributed by atoms with Crippen molar-refractivity contribution in [1.29, 1.82) is 0 Å². The highest BCUT2D eigenvalue weighted by Crippen LogP contribution is 2.31. The molecule has 0 amide bonds. The molecule has 0 aliphatic carbocycles. The van der Waals surface area contributed by atoms with Gasteiger partial charge in [-0.15, -0.1) is 11.3 Å². The van der Waals surface area contributed by atoms with Gasteiger partial charge < -0.3 is 15.3 Å². The van der Waals surface area contributed by atoms with E-state index < -0.39 is 0 Å². The maximum absolute atomic E-state index is 6.56. The Labute approximate surface area is 176 Å². The second kappa shape index (κ2) is 6.33. The summed E-state index contributed by atoms with van der Waals surface area (Å²) in [5, 5.41) is 7.83. The average molecular weight is 411 g/mol. The van der Waals surface area contributed by atoms with Crippen molar-refractivity contribution >= 4 is 39.1 Å². The molecule has 3 N–H and O–H groups in total. The van der Waals surface area contributed by atoms with Crippen LogP contribution in [0.15, 0.2) is 72.4 Å². The van der Waals surface area contributed by atoms with Gasteiger partial charge in [-0.1, -0.05) is 18.2 Å². The lowest BCUT2D eigenvalue weighted by Crippen LogP contribution is -2.04. The number of fused-ring (bicyclic) bond motifs is 2. The summed E-state index contributed by atoms with van der Waals surface area (Å²) in [5.74, 6) is 1.47. The van der Waals surface area contributed by atoms with Crippen molar-refractivity contribution in [3.05, 3.63) is 78.2 Å². The third kappa shape index (κ3) is 2.56. The van der Waals surface area contributed by atoms with E-state index in [4.69, 9.17) is 5.73 Å². The number of nitrogens with zero attached hydrogens (tertiary/aromatic N) is 4. The van der Waals surface area contributed by atoms with Gasteiger partial charge >= 0.3 is 0 Å². The second-order valence-corrected chi connectivity index (χ2v) is 8.23. The van der Waals surface area contributed by atoms with Crippen molar-refractivity contribution in [2.75, 3.05) is 5.73 Å². The number of aryl methyl sites for hydroxylation is 1. The summed E-state index contributed by atoms with van der Waals surface area (Å²) in [6.07, 6.45) is 3.86. The van der Waals surface area contributed by atoms with E-state index in [1.165, 1.54) is 10.4 Å². The molecule has 0 saturated heterocycles. The molecule has 0 fully saturated rings. The van der Waals surface area contributed by atoms with E-state index in [9.17, 15) is 0 Å². The predicted octanol–water partition coefficient (Wildman–Crippen LogP) is 5.31. The molecule has 6 rings (SSSR count). The van der Waals surface area contributed by atoms with Gasteiger partial charge in [-0.3, -0.25) is 0 Å². The predicted molar refractivity (Wildman–Crippen MR) is 123 cm³/mol. The Morgan fingerprint density at radius 2 is 2.00 bits per heavy atom. The van der Waals surface area contributed by atoms with Gasteiger partial charge in [0.25, 0.3) is 0 Å². The van der Waals surface area contributed by atoms with E-state index in [0.29, 0.717) is 5.82 Å². The molecule has 0 aliphatic rings. The number of H-pyrrole nitrogens is 1. The molecule has 0 radical (unpaired) electrons. The van der Waals surface area contributed by atoms with Gasteiger partial charge in [0, 0.05) is 11.1 Å². The average Bonchev–Trinajstić information content (AvgIpc) is 3.52. The molecule has 6 aromatic rings. The Hall–Kier alpha value is -3.84. The quantitative estimate of drug-likeness (QED) is 0.415. The van der Waals surface area contributed by atoms with Gasteiger partial charge in [0.1, 0.15) is 11.5 Å². The number of hydrogen-bond donors (Lipinski definition) is 2. The van der Waals surface area contributed by atoms with E-state index >= 15 is 0 Å². The van der Waals surface area contributed by atoms with Crippen molar-refractivity contribution in [3.8, 4) is 21.8 Å². The highest BCUT2D eigenvalue weighted by atomic mass is 32.1. The van der Waals surface area contributed by atoms with E-state index in [2.05, 4.69) is 61.4 Å². The Kier molecular flexibility index (Phi) is 3.60. The zero-order valence-electron chi connectivity index (χ0n) is 16.2. The number of thiophene rings is 1. The van der Waals surface area contributed by atoms with Crippen LogP contribution >= 0.6 is 11.3 Å². The molecular formula is C23H18N6S. The van der Waals surface area contributed by atoms with Crippen LogP contribution in [0.4, 0.5) is 5.82 Å². The Morgan fingerprint density at radius 1 is 1.07 bits per heavy atom. The summed E-state index contributed by atoms with van der Waals surface area (Å²) in [5.41, 5.74) is 12.5. The first-order valence-electron chi connectivity index (χ1n) is 9.63. The van der Waals surface area contributed by atoms with Gasteiger partial charge in [0.2, 0.25) is 0 Å². The van der Waals surface area contributed by atoms with Crippen LogP contribution < -0.4 is 5.73 Å². The maximum Gasteiger partial charge on any atom is 0.151 e. The molecule has 4 heterocycles. The number of imidazole rings is 1. The molecule has 0 unspecified atom stereocenters. The molecule has 2 aromatic carbocycles. The van der Waals surface area contributed by atoms with Gasteiger partial charge in [-0.25, -0.2) is 9.67 Å². The summed E-state index contributed by atoms with van der Waals surface area (Å²) in [4.78, 5) is 8.98. The smallest absolute Gasteiger partial charge is 0.151 e. The number of rotatable bonds is 3. The minimum absolute atomic E-state index is 0.588. The number of nitrogens with one attached hydrogen (secondary N) is 1. The van der Waals surface area contributed by atoms with Gasteiger partial charge in [-0.05, 0) is 59.7 Å². The third-order valence-corrected chi connectivity index (χ3v) is 6.29. The fraction of sp³-hybridized carbons (Fsp3) is 0.0435. The largest absolute Gasteiger partial charge is 0.382 e. The lowest BCUT2D eigenvalue weighted by Gasteiger charge is -2.08. The number of nitrogen functional groups attached to an aromatic ring is 1. The lowest BCUT2D eigenvalue weighted by molar-refractivity contribution is 0.892. The van der Waals surface area contributed by atoms with Crippen LogP contribution in [0.3, 0.4) is 0 Å². The van der Waals surface area contributed by atoms with E-state index in [1.807, 2.05) is 37.5 Å². The fourth-order valence-electron chi connectivity index (χ4n) is 3.93. The van der Waals surface area contributed by atoms with Crippen LogP contribution in [-0.4, -0.2) is 24.3 Å². The molecule has 146 valence electrons. The standard InChI is InChI=1S/C23H18N6S/c1-14-26-18-7-6-17(12-19(18)27-14)29-23(24)21(13-25-29)28-9-8-15-4-5-16(11-20(15)28)22-3-2-10-30-22/h2-13H,24H2,1H3,(H,26,27). The van der Waals surface area contributed by atoms with Crippen LogP contribution in [-0.2, 0) is 0 Å².